The smallest absolute Gasteiger partial charge is 0.127 e. The van der Waals surface area contributed by atoms with Gasteiger partial charge in [0, 0.05) is 49.9 Å². The van der Waals surface area contributed by atoms with Crippen LogP contribution in [0.4, 0.5) is 0 Å². The molecule has 3 aromatic carbocycles. The minimum Gasteiger partial charge on any atom is -0.497 e. The van der Waals surface area contributed by atoms with Crippen LogP contribution < -0.4 is 9.47 Å². The molecule has 1 saturated heterocycles. The van der Waals surface area contributed by atoms with Gasteiger partial charge in [0.2, 0.25) is 0 Å². The van der Waals surface area contributed by atoms with Crippen LogP contribution in [-0.4, -0.2) is 49.2 Å². The molecule has 2 bridgehead atoms. The van der Waals surface area contributed by atoms with Gasteiger partial charge in [-0.2, -0.15) is 0 Å². The summed E-state index contributed by atoms with van der Waals surface area (Å²) >= 11 is 0. The van der Waals surface area contributed by atoms with E-state index in [1.54, 1.807) is 14.2 Å². The summed E-state index contributed by atoms with van der Waals surface area (Å²) < 4.78 is 11.0. The summed E-state index contributed by atoms with van der Waals surface area (Å²) in [5, 5.41) is 2.64. The highest BCUT2D eigenvalue weighted by Gasteiger charge is 2.34. The van der Waals surface area contributed by atoms with Crippen LogP contribution in [0.2, 0.25) is 0 Å². The lowest BCUT2D eigenvalue weighted by Gasteiger charge is -2.47. The Kier molecular flexibility index (Phi) is 6.15. The van der Waals surface area contributed by atoms with Gasteiger partial charge in [-0.1, -0.05) is 54.6 Å². The van der Waals surface area contributed by atoms with E-state index in [4.69, 9.17) is 9.47 Å². The van der Waals surface area contributed by atoms with Crippen LogP contribution >= 0.6 is 0 Å². The Morgan fingerprint density at radius 2 is 1.47 bits per heavy atom. The minimum absolute atomic E-state index is 0.509. The molecule has 0 aromatic heterocycles. The fraction of sp³-hybridized carbons (Fsp3) is 0.357. The molecule has 0 unspecified atom stereocenters. The molecule has 6 rings (SSSR count). The molecule has 0 N–H and O–H groups in total. The average molecular weight is 429 g/mol. The Labute approximate surface area is 191 Å². The first-order chi connectivity index (χ1) is 15.7. The van der Waals surface area contributed by atoms with Crippen LogP contribution in [0.25, 0.3) is 10.8 Å². The van der Waals surface area contributed by atoms with Crippen LogP contribution in [0.3, 0.4) is 0 Å². The van der Waals surface area contributed by atoms with Gasteiger partial charge in [-0.25, -0.2) is 0 Å². The predicted molar refractivity (Wildman–Crippen MR) is 130 cm³/mol. The van der Waals surface area contributed by atoms with Crippen molar-refractivity contribution in [2.24, 2.45) is 0 Å². The lowest BCUT2D eigenvalue weighted by atomic mass is 9.95. The summed E-state index contributed by atoms with van der Waals surface area (Å²) in [5.74, 6) is 1.75. The van der Waals surface area contributed by atoms with E-state index in [0.717, 1.165) is 50.5 Å². The van der Waals surface area contributed by atoms with Crippen molar-refractivity contribution in [3.63, 3.8) is 0 Å². The zero-order valence-corrected chi connectivity index (χ0v) is 19.0. The third kappa shape index (κ3) is 4.38. The first-order valence-corrected chi connectivity index (χ1v) is 11.5. The number of methoxy groups -OCH3 is 2. The van der Waals surface area contributed by atoms with Gasteiger partial charge in [-0.15, -0.1) is 0 Å². The van der Waals surface area contributed by atoms with Gasteiger partial charge >= 0.3 is 0 Å². The normalized spacial score (nSPS) is 22.4. The Bertz CT molecular complexity index is 1110. The summed E-state index contributed by atoms with van der Waals surface area (Å²) in [4.78, 5) is 5.34. The van der Waals surface area contributed by atoms with Gasteiger partial charge in [0.15, 0.2) is 0 Å². The lowest BCUT2D eigenvalue weighted by molar-refractivity contribution is 0.0169. The largest absolute Gasteiger partial charge is 0.497 e. The minimum atomic E-state index is 0.509. The van der Waals surface area contributed by atoms with E-state index in [9.17, 15) is 0 Å². The van der Waals surface area contributed by atoms with Gasteiger partial charge in [-0.05, 0) is 41.3 Å². The maximum Gasteiger partial charge on any atom is 0.127 e. The molecule has 0 amide bonds. The van der Waals surface area contributed by atoms with Crippen LogP contribution in [0.15, 0.2) is 72.8 Å². The maximum absolute atomic E-state index is 5.67. The quantitative estimate of drug-likeness (QED) is 0.500. The van der Waals surface area contributed by atoms with Crippen LogP contribution in [0, 0.1) is 0 Å². The molecule has 4 nitrogen and oxygen atoms in total. The third-order valence-electron chi connectivity index (χ3n) is 6.97. The molecule has 0 aliphatic carbocycles. The first kappa shape index (κ1) is 21.0. The first-order valence-electron chi connectivity index (χ1n) is 11.5. The van der Waals surface area contributed by atoms with Gasteiger partial charge in [0.05, 0.1) is 14.2 Å². The zero-order valence-electron chi connectivity index (χ0n) is 19.0. The molecule has 3 aliphatic heterocycles. The van der Waals surface area contributed by atoms with Crippen molar-refractivity contribution in [1.29, 1.82) is 0 Å². The Morgan fingerprint density at radius 3 is 2.19 bits per heavy atom. The number of rotatable bonds is 6. The second kappa shape index (κ2) is 9.35. The summed E-state index contributed by atoms with van der Waals surface area (Å²) in [6, 6.07) is 22.8. The molecule has 32 heavy (non-hydrogen) atoms. The third-order valence-corrected chi connectivity index (χ3v) is 6.97. The zero-order chi connectivity index (χ0) is 21.9. The van der Waals surface area contributed by atoms with Crippen LogP contribution in [0.5, 0.6) is 11.5 Å². The van der Waals surface area contributed by atoms with Gasteiger partial charge in [-0.3, -0.25) is 9.80 Å². The fourth-order valence-electron chi connectivity index (χ4n) is 5.18. The van der Waals surface area contributed by atoms with Crippen molar-refractivity contribution in [2.45, 2.75) is 38.0 Å². The van der Waals surface area contributed by atoms with E-state index in [-0.39, 0.29) is 0 Å². The SMILES string of the molecule is COc1ccc(CN2C[C@@H]3C/C=C\C[C@H]2CN3Cc2ccc3ccccc3c2)c(OC)c1. The number of ether oxygens (including phenoxy) is 2. The van der Waals surface area contributed by atoms with Gasteiger partial charge in [0.1, 0.15) is 11.5 Å². The second-order valence-electron chi connectivity index (χ2n) is 8.97. The highest BCUT2D eigenvalue weighted by molar-refractivity contribution is 5.82. The van der Waals surface area contributed by atoms with E-state index in [1.807, 2.05) is 12.1 Å². The molecule has 3 aliphatic rings. The van der Waals surface area contributed by atoms with Crippen LogP contribution in [-0.2, 0) is 13.1 Å². The second-order valence-corrected chi connectivity index (χ2v) is 8.97. The predicted octanol–water partition coefficient (Wildman–Crippen LogP) is 5.26. The average Bonchev–Trinajstić information content (AvgIpc) is 2.81. The highest BCUT2D eigenvalue weighted by atomic mass is 16.5. The summed E-state index contributed by atoms with van der Waals surface area (Å²) in [6.07, 6.45) is 6.97. The Balaban J connectivity index is 1.34. The topological polar surface area (TPSA) is 24.9 Å². The lowest BCUT2D eigenvalue weighted by Crippen LogP contribution is -2.57. The molecule has 1 fully saturated rings. The number of nitrogens with zero attached hydrogens (tertiary/aromatic N) is 2. The molecule has 3 aromatic rings. The van der Waals surface area contributed by atoms with E-state index < -0.39 is 0 Å². The Hall–Kier alpha value is -2.82. The highest BCUT2D eigenvalue weighted by Crippen LogP contribution is 2.31. The molecular formula is C28H32N2O2. The molecule has 4 heteroatoms. The fourth-order valence-corrected chi connectivity index (χ4v) is 5.18. The number of hydrogen-bond donors (Lipinski definition) is 0. The van der Waals surface area contributed by atoms with Gasteiger partial charge < -0.3 is 9.47 Å². The maximum atomic E-state index is 5.67. The molecule has 2 atom stereocenters. The van der Waals surface area contributed by atoms with Crippen molar-refractivity contribution >= 4 is 10.8 Å². The molecule has 166 valence electrons. The van der Waals surface area contributed by atoms with Gasteiger partial charge in [0.25, 0.3) is 0 Å². The van der Waals surface area contributed by atoms with Crippen molar-refractivity contribution in [1.82, 2.24) is 9.80 Å². The molecule has 0 spiro atoms. The van der Waals surface area contributed by atoms with Crippen molar-refractivity contribution in [3.05, 3.63) is 83.9 Å². The van der Waals surface area contributed by atoms with E-state index in [0.29, 0.717) is 12.1 Å². The van der Waals surface area contributed by atoms with Crippen molar-refractivity contribution in [3.8, 4) is 11.5 Å². The van der Waals surface area contributed by atoms with Crippen molar-refractivity contribution < 1.29 is 9.47 Å². The number of hydrogen-bond acceptors (Lipinski definition) is 4. The molecule has 0 radical (unpaired) electrons. The Morgan fingerprint density at radius 1 is 0.750 bits per heavy atom. The summed E-state index contributed by atoms with van der Waals surface area (Å²) in [6.45, 7) is 4.10. The molecular weight excluding hydrogens is 396 g/mol. The van der Waals surface area contributed by atoms with Crippen molar-refractivity contribution in [2.75, 3.05) is 27.3 Å². The molecule has 0 saturated carbocycles. The molecule has 3 heterocycles. The van der Waals surface area contributed by atoms with Crippen LogP contribution in [0.1, 0.15) is 24.0 Å². The monoisotopic (exact) mass is 428 g/mol. The number of piperazine rings is 1. The summed E-state index contributed by atoms with van der Waals surface area (Å²) in [5.41, 5.74) is 2.63. The number of fused-ring (bicyclic) bond motifs is 5. The summed E-state index contributed by atoms with van der Waals surface area (Å²) in [7, 11) is 3.44. The van der Waals surface area contributed by atoms with E-state index in [2.05, 4.69) is 70.5 Å². The van der Waals surface area contributed by atoms with E-state index >= 15 is 0 Å². The van der Waals surface area contributed by atoms with E-state index in [1.165, 1.54) is 21.9 Å². The number of benzene rings is 3. The standard InChI is InChI=1S/C28H32N2O2/c1-31-27-14-13-24(28(16-27)32-2)18-30-20-25-9-5-6-10-26(30)19-29(25)17-21-11-12-22-7-3-4-8-23(22)15-21/h3-8,11-16,25-26H,9-10,17-20H2,1-2H3/b6-5-/t25-,26-/m0/s1.